The van der Waals surface area contributed by atoms with E-state index >= 15 is 0 Å². The monoisotopic (exact) mass is 299 g/mol. The van der Waals surface area contributed by atoms with Crippen molar-refractivity contribution in [2.45, 2.75) is 19.9 Å². The van der Waals surface area contributed by atoms with Crippen LogP contribution >= 0.6 is 11.3 Å². The third kappa shape index (κ3) is 4.45. The first kappa shape index (κ1) is 15.3. The van der Waals surface area contributed by atoms with Crippen molar-refractivity contribution in [2.75, 3.05) is 6.61 Å². The molecule has 0 unspecified atom stereocenters. The molecule has 2 rings (SSSR count). The largest absolute Gasteiger partial charge is 0.384 e. The normalized spacial score (nSPS) is 9.81. The number of amides is 1. The predicted molar refractivity (Wildman–Crippen MR) is 85.3 cm³/mol. The summed E-state index contributed by atoms with van der Waals surface area (Å²) < 4.78 is 0. The smallest absolute Gasteiger partial charge is 0.261 e. The van der Waals surface area contributed by atoms with Crippen LogP contribution in [0.4, 0.5) is 0 Å². The molecule has 0 atom stereocenters. The average Bonchev–Trinajstić information content (AvgIpc) is 3.00. The summed E-state index contributed by atoms with van der Waals surface area (Å²) in [6.45, 7) is 2.45. The van der Waals surface area contributed by atoms with E-state index in [1.54, 1.807) is 12.1 Å². The van der Waals surface area contributed by atoms with E-state index < -0.39 is 0 Å². The number of thiophene rings is 1. The summed E-state index contributed by atoms with van der Waals surface area (Å²) in [6.07, 6.45) is 1.01. The Hall–Kier alpha value is -2.09. The van der Waals surface area contributed by atoms with Crippen LogP contribution in [0.3, 0.4) is 0 Å². The van der Waals surface area contributed by atoms with Gasteiger partial charge in [0.2, 0.25) is 0 Å². The van der Waals surface area contributed by atoms with E-state index in [2.05, 4.69) is 36.2 Å². The first-order chi connectivity index (χ1) is 10.2. The minimum atomic E-state index is -0.173. The summed E-state index contributed by atoms with van der Waals surface area (Å²) in [7, 11) is 0. The van der Waals surface area contributed by atoms with Crippen molar-refractivity contribution in [3.8, 4) is 11.8 Å². The molecule has 21 heavy (non-hydrogen) atoms. The van der Waals surface area contributed by atoms with E-state index in [4.69, 9.17) is 5.11 Å². The number of carbonyl (C=O) groups excluding carboxylic acids is 1. The van der Waals surface area contributed by atoms with Crippen molar-refractivity contribution in [1.29, 1.82) is 0 Å². The fourth-order valence-electron chi connectivity index (χ4n) is 1.82. The second-order valence-corrected chi connectivity index (χ2v) is 5.56. The Morgan fingerprint density at radius 2 is 1.90 bits per heavy atom. The SMILES string of the molecule is CCc1ccc(CNC(=O)c2ccc(C#CCO)s2)cc1. The molecule has 0 aliphatic carbocycles. The van der Waals surface area contributed by atoms with Crippen LogP contribution in [0, 0.1) is 11.8 Å². The molecule has 1 amide bonds. The molecule has 2 aromatic rings. The lowest BCUT2D eigenvalue weighted by Crippen LogP contribution is -2.21. The number of hydrogen-bond acceptors (Lipinski definition) is 3. The lowest BCUT2D eigenvalue weighted by Gasteiger charge is -2.04. The van der Waals surface area contributed by atoms with Crippen LogP contribution in [0.15, 0.2) is 36.4 Å². The van der Waals surface area contributed by atoms with Gasteiger partial charge in [0.1, 0.15) is 6.61 Å². The van der Waals surface area contributed by atoms with E-state index in [1.807, 2.05) is 12.1 Å². The van der Waals surface area contributed by atoms with Gasteiger partial charge in [0.05, 0.1) is 9.75 Å². The lowest BCUT2D eigenvalue weighted by molar-refractivity contribution is 0.0955. The maximum Gasteiger partial charge on any atom is 0.261 e. The average molecular weight is 299 g/mol. The van der Waals surface area contributed by atoms with E-state index in [0.717, 1.165) is 16.9 Å². The summed E-state index contributed by atoms with van der Waals surface area (Å²) >= 11 is 1.33. The highest BCUT2D eigenvalue weighted by Crippen LogP contribution is 2.15. The van der Waals surface area contributed by atoms with Crippen LogP contribution in [0.25, 0.3) is 0 Å². The lowest BCUT2D eigenvalue weighted by atomic mass is 10.1. The number of rotatable bonds is 4. The van der Waals surface area contributed by atoms with Crippen LogP contribution in [0.5, 0.6) is 0 Å². The number of carbonyl (C=O) groups is 1. The van der Waals surface area contributed by atoms with Crippen LogP contribution in [0.2, 0.25) is 0 Å². The summed E-state index contributed by atoms with van der Waals surface area (Å²) in [5, 5.41) is 11.5. The molecule has 0 saturated heterocycles. The number of benzene rings is 1. The molecule has 1 aromatic carbocycles. The Bertz CT molecular complexity index is 662. The van der Waals surface area contributed by atoms with Gasteiger partial charge in [0.25, 0.3) is 5.91 Å². The van der Waals surface area contributed by atoms with Gasteiger partial charge < -0.3 is 10.4 Å². The van der Waals surface area contributed by atoms with Gasteiger partial charge in [-0.2, -0.15) is 0 Å². The van der Waals surface area contributed by atoms with Crippen molar-refractivity contribution in [2.24, 2.45) is 0 Å². The summed E-state index contributed by atoms with van der Waals surface area (Å²) in [5.41, 5.74) is 2.37. The Kier molecular flexibility index (Phi) is 5.56. The number of aliphatic hydroxyl groups excluding tert-OH is 1. The third-order valence-corrected chi connectivity index (χ3v) is 4.00. The summed E-state index contributed by atoms with van der Waals surface area (Å²) in [4.78, 5) is 13.4. The van der Waals surface area contributed by atoms with E-state index in [0.29, 0.717) is 11.4 Å². The molecule has 1 aromatic heterocycles. The Labute approximate surface area is 128 Å². The van der Waals surface area contributed by atoms with Crippen LogP contribution in [-0.2, 0) is 13.0 Å². The van der Waals surface area contributed by atoms with Crippen LogP contribution in [0.1, 0.15) is 32.6 Å². The zero-order chi connectivity index (χ0) is 15.1. The second-order valence-electron chi connectivity index (χ2n) is 4.48. The molecule has 0 spiro atoms. The zero-order valence-corrected chi connectivity index (χ0v) is 12.7. The molecule has 0 aliphatic heterocycles. The van der Waals surface area contributed by atoms with Crippen molar-refractivity contribution in [3.05, 3.63) is 57.3 Å². The topological polar surface area (TPSA) is 49.3 Å². The van der Waals surface area contributed by atoms with Crippen molar-refractivity contribution >= 4 is 17.2 Å². The Morgan fingerprint density at radius 1 is 1.19 bits per heavy atom. The molecular formula is C17H17NO2S. The minimum Gasteiger partial charge on any atom is -0.384 e. The van der Waals surface area contributed by atoms with E-state index in [-0.39, 0.29) is 12.5 Å². The molecule has 3 nitrogen and oxygen atoms in total. The summed E-state index contributed by atoms with van der Waals surface area (Å²) in [5.74, 6) is 5.26. The molecule has 2 N–H and O–H groups in total. The second kappa shape index (κ2) is 7.63. The first-order valence-electron chi connectivity index (χ1n) is 6.78. The van der Waals surface area contributed by atoms with Crippen LogP contribution < -0.4 is 5.32 Å². The highest BCUT2D eigenvalue weighted by atomic mass is 32.1. The number of aliphatic hydroxyl groups is 1. The number of aryl methyl sites for hydroxylation is 1. The van der Waals surface area contributed by atoms with Gasteiger partial charge in [0, 0.05) is 6.54 Å². The van der Waals surface area contributed by atoms with Crippen molar-refractivity contribution in [1.82, 2.24) is 5.32 Å². The van der Waals surface area contributed by atoms with Gasteiger partial charge in [-0.25, -0.2) is 0 Å². The Morgan fingerprint density at radius 3 is 2.57 bits per heavy atom. The first-order valence-corrected chi connectivity index (χ1v) is 7.60. The highest BCUT2D eigenvalue weighted by molar-refractivity contribution is 7.14. The third-order valence-electron chi connectivity index (χ3n) is 3.00. The predicted octanol–water partition coefficient (Wildman–Crippen LogP) is 2.58. The fraction of sp³-hybridized carbons (Fsp3) is 0.235. The number of hydrogen-bond donors (Lipinski definition) is 2. The maximum atomic E-state index is 12.0. The molecule has 0 fully saturated rings. The number of nitrogens with one attached hydrogen (secondary N) is 1. The van der Waals surface area contributed by atoms with Gasteiger partial charge in [-0.05, 0) is 29.7 Å². The molecule has 0 bridgehead atoms. The quantitative estimate of drug-likeness (QED) is 0.853. The maximum absolute atomic E-state index is 12.0. The van der Waals surface area contributed by atoms with E-state index in [9.17, 15) is 4.79 Å². The standard InChI is InChI=1S/C17H17NO2S/c1-2-13-5-7-14(8-6-13)12-18-17(20)16-10-9-15(21-16)4-3-11-19/h5-10,19H,2,11-12H2,1H3,(H,18,20). The van der Waals surface area contributed by atoms with Gasteiger partial charge in [-0.15, -0.1) is 11.3 Å². The summed E-state index contributed by atoms with van der Waals surface area (Å²) in [6, 6.07) is 11.8. The van der Waals surface area contributed by atoms with Crippen molar-refractivity contribution < 1.29 is 9.90 Å². The molecule has 108 valence electrons. The minimum absolute atomic E-state index is 0.100. The molecule has 0 aliphatic rings. The van der Waals surface area contributed by atoms with Gasteiger partial charge in [0.15, 0.2) is 0 Å². The fourth-order valence-corrected chi connectivity index (χ4v) is 2.61. The zero-order valence-electron chi connectivity index (χ0n) is 11.8. The van der Waals surface area contributed by atoms with Gasteiger partial charge in [-0.3, -0.25) is 4.79 Å². The molecule has 0 radical (unpaired) electrons. The molecule has 4 heteroatoms. The van der Waals surface area contributed by atoms with Gasteiger partial charge >= 0.3 is 0 Å². The van der Waals surface area contributed by atoms with Gasteiger partial charge in [-0.1, -0.05) is 43.0 Å². The molecule has 1 heterocycles. The molecular weight excluding hydrogens is 282 g/mol. The Balaban J connectivity index is 1.93. The van der Waals surface area contributed by atoms with E-state index in [1.165, 1.54) is 16.9 Å². The molecule has 0 saturated carbocycles. The van der Waals surface area contributed by atoms with Crippen LogP contribution in [-0.4, -0.2) is 17.6 Å². The highest BCUT2D eigenvalue weighted by Gasteiger charge is 2.08. The van der Waals surface area contributed by atoms with Crippen molar-refractivity contribution in [3.63, 3.8) is 0 Å².